The monoisotopic (exact) mass is 289 g/mol. The van der Waals surface area contributed by atoms with Crippen LogP contribution in [0.4, 0.5) is 5.69 Å². The van der Waals surface area contributed by atoms with Crippen LogP contribution in [0.25, 0.3) is 0 Å². The van der Waals surface area contributed by atoms with E-state index in [4.69, 9.17) is 0 Å². The molecular formula is C18H31N3. The summed E-state index contributed by atoms with van der Waals surface area (Å²) in [6, 6.07) is 2.26. The molecule has 0 radical (unpaired) electrons. The molecule has 1 N–H and O–H groups in total. The third kappa shape index (κ3) is 4.99. The van der Waals surface area contributed by atoms with E-state index >= 15 is 0 Å². The maximum absolute atomic E-state index is 4.51. The zero-order chi connectivity index (χ0) is 15.5. The van der Waals surface area contributed by atoms with Gasteiger partial charge in [0.05, 0.1) is 0 Å². The molecule has 0 bridgehead atoms. The van der Waals surface area contributed by atoms with Gasteiger partial charge in [-0.1, -0.05) is 6.92 Å². The molecule has 0 amide bonds. The lowest BCUT2D eigenvalue weighted by atomic mass is 10.0. The second-order valence-corrected chi connectivity index (χ2v) is 7.58. The second kappa shape index (κ2) is 6.78. The van der Waals surface area contributed by atoms with E-state index in [1.807, 2.05) is 0 Å². The summed E-state index contributed by atoms with van der Waals surface area (Å²) in [6.07, 6.45) is 6.01. The lowest BCUT2D eigenvalue weighted by molar-refractivity contribution is 0.424. The predicted molar refractivity (Wildman–Crippen MR) is 90.8 cm³/mol. The topological polar surface area (TPSA) is 28.2 Å². The van der Waals surface area contributed by atoms with E-state index in [2.05, 4.69) is 62.1 Å². The molecule has 3 nitrogen and oxygen atoms in total. The molecule has 3 heteroatoms. The minimum absolute atomic E-state index is 0.134. The van der Waals surface area contributed by atoms with Crippen LogP contribution < -0.4 is 10.2 Å². The molecule has 1 saturated heterocycles. The van der Waals surface area contributed by atoms with Crippen LogP contribution in [-0.4, -0.2) is 23.6 Å². The van der Waals surface area contributed by atoms with Crippen molar-refractivity contribution in [3.8, 4) is 0 Å². The molecule has 0 spiro atoms. The largest absolute Gasteiger partial charge is 0.371 e. The van der Waals surface area contributed by atoms with Crippen LogP contribution in [0.3, 0.4) is 0 Å². The van der Waals surface area contributed by atoms with Crippen LogP contribution in [-0.2, 0) is 6.54 Å². The minimum atomic E-state index is 0.134. The molecule has 1 unspecified atom stereocenters. The summed E-state index contributed by atoms with van der Waals surface area (Å²) in [4.78, 5) is 7.07. The van der Waals surface area contributed by atoms with E-state index < -0.39 is 0 Å². The van der Waals surface area contributed by atoms with Crippen LogP contribution in [0.15, 0.2) is 12.3 Å². The van der Waals surface area contributed by atoms with Gasteiger partial charge in [-0.2, -0.15) is 0 Å². The summed E-state index contributed by atoms with van der Waals surface area (Å²) >= 11 is 0. The number of aromatic nitrogens is 1. The smallest absolute Gasteiger partial charge is 0.0445 e. The third-order valence-electron chi connectivity index (χ3n) is 4.27. The molecule has 1 fully saturated rings. The Bertz CT molecular complexity index is 462. The SMILES string of the molecule is Cc1cc(N2CCCC(C)CC2)c(CNC(C)(C)C)cn1. The number of anilines is 1. The fourth-order valence-corrected chi connectivity index (χ4v) is 2.87. The van der Waals surface area contributed by atoms with Gasteiger partial charge in [-0.15, -0.1) is 0 Å². The normalized spacial score (nSPS) is 20.4. The van der Waals surface area contributed by atoms with Crippen molar-refractivity contribution in [2.75, 3.05) is 18.0 Å². The van der Waals surface area contributed by atoms with Gasteiger partial charge in [0, 0.05) is 48.3 Å². The van der Waals surface area contributed by atoms with Crippen LogP contribution in [0.2, 0.25) is 0 Å². The molecule has 1 aromatic heterocycles. The highest BCUT2D eigenvalue weighted by Gasteiger charge is 2.18. The summed E-state index contributed by atoms with van der Waals surface area (Å²) in [5.74, 6) is 0.856. The molecule has 0 aliphatic carbocycles. The van der Waals surface area contributed by atoms with E-state index in [-0.39, 0.29) is 5.54 Å². The van der Waals surface area contributed by atoms with E-state index in [0.29, 0.717) is 0 Å². The van der Waals surface area contributed by atoms with E-state index in [1.54, 1.807) is 0 Å². The van der Waals surface area contributed by atoms with Gasteiger partial charge in [0.25, 0.3) is 0 Å². The predicted octanol–water partition coefficient (Wildman–Crippen LogP) is 3.90. The van der Waals surface area contributed by atoms with Gasteiger partial charge < -0.3 is 10.2 Å². The summed E-state index contributed by atoms with van der Waals surface area (Å²) in [6.45, 7) is 14.3. The van der Waals surface area contributed by atoms with Crippen LogP contribution in [0, 0.1) is 12.8 Å². The third-order valence-corrected chi connectivity index (χ3v) is 4.27. The Kier molecular flexibility index (Phi) is 5.26. The quantitative estimate of drug-likeness (QED) is 0.914. The number of nitrogens with one attached hydrogen (secondary N) is 1. The average Bonchev–Trinajstić information content (AvgIpc) is 2.61. The molecule has 118 valence electrons. The standard InChI is InChI=1S/C18H31N3/c1-14-7-6-9-21(10-8-14)17-11-15(2)19-12-16(17)13-20-18(3,4)5/h11-12,14,20H,6-10,13H2,1-5H3. The average molecular weight is 289 g/mol. The van der Waals surface area contributed by atoms with Gasteiger partial charge >= 0.3 is 0 Å². The Morgan fingerprint density at radius 1 is 1.29 bits per heavy atom. The van der Waals surface area contributed by atoms with E-state index in [0.717, 1.165) is 18.2 Å². The molecule has 1 aliphatic heterocycles. The zero-order valence-corrected chi connectivity index (χ0v) is 14.4. The number of rotatable bonds is 3. The van der Waals surface area contributed by atoms with E-state index in [9.17, 15) is 0 Å². The number of hydrogen-bond donors (Lipinski definition) is 1. The van der Waals surface area contributed by atoms with Crippen LogP contribution in [0.1, 0.15) is 58.2 Å². The fourth-order valence-electron chi connectivity index (χ4n) is 2.87. The lowest BCUT2D eigenvalue weighted by Gasteiger charge is -2.28. The van der Waals surface area contributed by atoms with Crippen molar-refractivity contribution in [1.82, 2.24) is 10.3 Å². The second-order valence-electron chi connectivity index (χ2n) is 7.58. The fraction of sp³-hybridized carbons (Fsp3) is 0.722. The first-order valence-electron chi connectivity index (χ1n) is 8.30. The van der Waals surface area contributed by atoms with Gasteiger partial charge in [0.2, 0.25) is 0 Å². The molecule has 0 saturated carbocycles. The van der Waals surface area contributed by atoms with Gasteiger partial charge in [0.15, 0.2) is 0 Å². The minimum Gasteiger partial charge on any atom is -0.371 e. The van der Waals surface area contributed by atoms with Crippen molar-refractivity contribution in [3.63, 3.8) is 0 Å². The van der Waals surface area contributed by atoms with Crippen molar-refractivity contribution in [2.45, 2.75) is 66.0 Å². The first-order chi connectivity index (χ1) is 9.85. The lowest BCUT2D eigenvalue weighted by Crippen LogP contribution is -2.36. The maximum Gasteiger partial charge on any atom is 0.0445 e. The van der Waals surface area contributed by atoms with Gasteiger partial charge in [-0.05, 0) is 58.9 Å². The Morgan fingerprint density at radius 2 is 2.05 bits per heavy atom. The first-order valence-corrected chi connectivity index (χ1v) is 8.30. The highest BCUT2D eigenvalue weighted by atomic mass is 15.1. The Morgan fingerprint density at radius 3 is 2.76 bits per heavy atom. The molecule has 0 aromatic carbocycles. The zero-order valence-electron chi connectivity index (χ0n) is 14.4. The molecule has 1 aromatic rings. The summed E-state index contributed by atoms with van der Waals surface area (Å²) in [5, 5.41) is 3.59. The number of pyridine rings is 1. The molecule has 2 heterocycles. The van der Waals surface area contributed by atoms with Crippen molar-refractivity contribution >= 4 is 5.69 Å². The molecule has 1 atom stereocenters. The molecule has 21 heavy (non-hydrogen) atoms. The van der Waals surface area contributed by atoms with Crippen molar-refractivity contribution in [1.29, 1.82) is 0 Å². The molecule has 2 rings (SSSR count). The van der Waals surface area contributed by atoms with Gasteiger partial charge in [-0.25, -0.2) is 0 Å². The summed E-state index contributed by atoms with van der Waals surface area (Å²) in [5.41, 5.74) is 3.95. The van der Waals surface area contributed by atoms with Crippen LogP contribution >= 0.6 is 0 Å². The van der Waals surface area contributed by atoms with Crippen molar-refractivity contribution in [3.05, 3.63) is 23.5 Å². The molecular weight excluding hydrogens is 258 g/mol. The van der Waals surface area contributed by atoms with Crippen molar-refractivity contribution < 1.29 is 0 Å². The van der Waals surface area contributed by atoms with E-state index in [1.165, 1.54) is 43.6 Å². The Labute approximate surface area is 130 Å². The number of nitrogens with zero attached hydrogens (tertiary/aromatic N) is 2. The first kappa shape index (κ1) is 16.3. The van der Waals surface area contributed by atoms with Gasteiger partial charge in [-0.3, -0.25) is 4.98 Å². The van der Waals surface area contributed by atoms with Gasteiger partial charge in [0.1, 0.15) is 0 Å². The highest BCUT2D eigenvalue weighted by molar-refractivity contribution is 5.53. The number of hydrogen-bond acceptors (Lipinski definition) is 3. The highest BCUT2D eigenvalue weighted by Crippen LogP contribution is 2.26. The number of aryl methyl sites for hydroxylation is 1. The van der Waals surface area contributed by atoms with Crippen molar-refractivity contribution in [2.24, 2.45) is 5.92 Å². The van der Waals surface area contributed by atoms with Crippen LogP contribution in [0.5, 0.6) is 0 Å². The summed E-state index contributed by atoms with van der Waals surface area (Å²) in [7, 11) is 0. The summed E-state index contributed by atoms with van der Waals surface area (Å²) < 4.78 is 0. The Hall–Kier alpha value is -1.09. The molecule has 1 aliphatic rings. The maximum atomic E-state index is 4.51. The Balaban J connectivity index is 2.18.